The minimum atomic E-state index is 0.168. The Morgan fingerprint density at radius 1 is 1.33 bits per heavy atom. The van der Waals surface area contributed by atoms with Crippen molar-refractivity contribution in [2.75, 3.05) is 20.2 Å². The van der Waals surface area contributed by atoms with Crippen molar-refractivity contribution in [3.05, 3.63) is 28.2 Å². The highest BCUT2D eigenvalue weighted by Crippen LogP contribution is 2.30. The van der Waals surface area contributed by atoms with Crippen molar-refractivity contribution in [1.82, 2.24) is 10.2 Å². The predicted octanol–water partition coefficient (Wildman–Crippen LogP) is 3.81. The molecule has 0 bridgehead atoms. The molecule has 0 radical (unpaired) electrons. The second-order valence-electron chi connectivity index (χ2n) is 6.91. The van der Waals surface area contributed by atoms with Crippen molar-refractivity contribution in [2.24, 2.45) is 0 Å². The van der Waals surface area contributed by atoms with Gasteiger partial charge in [-0.25, -0.2) is 0 Å². The molecule has 1 unspecified atom stereocenters. The highest BCUT2D eigenvalue weighted by molar-refractivity contribution is 9.10. The normalized spacial score (nSPS) is 25.8. The van der Waals surface area contributed by atoms with Gasteiger partial charge >= 0.3 is 0 Å². The zero-order valence-electron chi connectivity index (χ0n) is 13.8. The quantitative estimate of drug-likeness (QED) is 0.889. The van der Waals surface area contributed by atoms with Crippen molar-refractivity contribution in [3.63, 3.8) is 0 Å². The predicted molar refractivity (Wildman–Crippen MR) is 91.9 cm³/mol. The maximum absolute atomic E-state index is 5.31. The molecule has 3 nitrogen and oxygen atoms in total. The molecule has 118 valence electrons. The zero-order chi connectivity index (χ0) is 15.7. The largest absolute Gasteiger partial charge is 0.496 e. The number of nitrogens with one attached hydrogen (secondary N) is 1. The second-order valence-corrected chi connectivity index (χ2v) is 7.76. The van der Waals surface area contributed by atoms with Gasteiger partial charge < -0.3 is 10.1 Å². The third-order valence-electron chi connectivity index (χ3n) is 4.71. The third kappa shape index (κ3) is 3.79. The van der Waals surface area contributed by atoms with Crippen molar-refractivity contribution >= 4 is 15.9 Å². The van der Waals surface area contributed by atoms with Crippen molar-refractivity contribution < 1.29 is 4.74 Å². The molecule has 1 aromatic rings. The van der Waals surface area contributed by atoms with Gasteiger partial charge in [-0.1, -0.05) is 13.0 Å². The summed E-state index contributed by atoms with van der Waals surface area (Å²) in [7, 11) is 1.70. The molecule has 0 amide bonds. The van der Waals surface area contributed by atoms with E-state index in [9.17, 15) is 0 Å². The van der Waals surface area contributed by atoms with Gasteiger partial charge in [0.15, 0.2) is 0 Å². The van der Waals surface area contributed by atoms with Crippen LogP contribution in [0.15, 0.2) is 22.7 Å². The molecule has 1 aliphatic rings. The smallest absolute Gasteiger partial charge is 0.133 e. The van der Waals surface area contributed by atoms with E-state index in [1.807, 2.05) is 6.07 Å². The van der Waals surface area contributed by atoms with Gasteiger partial charge in [0, 0.05) is 30.7 Å². The molecule has 0 aliphatic carbocycles. The van der Waals surface area contributed by atoms with Crippen LogP contribution in [0.4, 0.5) is 0 Å². The van der Waals surface area contributed by atoms with E-state index in [0.29, 0.717) is 0 Å². The summed E-state index contributed by atoms with van der Waals surface area (Å²) in [5.41, 5.74) is 1.69. The number of benzene rings is 1. The molecule has 1 N–H and O–H groups in total. The molecule has 21 heavy (non-hydrogen) atoms. The second kappa shape index (κ2) is 6.27. The maximum Gasteiger partial charge on any atom is 0.133 e. The molecule has 2 rings (SSSR count). The summed E-state index contributed by atoms with van der Waals surface area (Å²) in [5, 5.41) is 3.71. The molecule has 0 spiro atoms. The Hall–Kier alpha value is -0.580. The number of piperazine rings is 1. The van der Waals surface area contributed by atoms with E-state index in [2.05, 4.69) is 66.0 Å². The average molecular weight is 355 g/mol. The first-order valence-electron chi connectivity index (χ1n) is 7.62. The van der Waals surface area contributed by atoms with Gasteiger partial charge in [-0.15, -0.1) is 0 Å². The fourth-order valence-corrected chi connectivity index (χ4v) is 3.36. The van der Waals surface area contributed by atoms with E-state index in [0.717, 1.165) is 36.3 Å². The molecule has 1 aromatic carbocycles. The van der Waals surface area contributed by atoms with E-state index in [-0.39, 0.29) is 11.1 Å². The molecule has 4 heteroatoms. The molecule has 0 saturated carbocycles. The number of nitrogens with zero attached hydrogens (tertiary/aromatic N) is 1. The van der Waals surface area contributed by atoms with Gasteiger partial charge in [0.1, 0.15) is 5.75 Å². The number of hydrogen-bond donors (Lipinski definition) is 1. The van der Waals surface area contributed by atoms with Gasteiger partial charge in [-0.05, 0) is 60.8 Å². The lowest BCUT2D eigenvalue weighted by atomic mass is 9.88. The van der Waals surface area contributed by atoms with Crippen LogP contribution in [0.1, 0.15) is 39.7 Å². The van der Waals surface area contributed by atoms with Crippen LogP contribution in [0.3, 0.4) is 0 Å². The fraction of sp³-hybridized carbons (Fsp3) is 0.647. The van der Waals surface area contributed by atoms with Gasteiger partial charge in [-0.2, -0.15) is 0 Å². The van der Waals surface area contributed by atoms with Gasteiger partial charge in [0.2, 0.25) is 0 Å². The monoisotopic (exact) mass is 354 g/mol. The van der Waals surface area contributed by atoms with Crippen LogP contribution in [0.5, 0.6) is 5.75 Å². The molecular weight excluding hydrogens is 328 g/mol. The van der Waals surface area contributed by atoms with Crippen molar-refractivity contribution in [1.29, 1.82) is 0 Å². The van der Waals surface area contributed by atoms with Gasteiger partial charge in [0.25, 0.3) is 0 Å². The molecule has 1 saturated heterocycles. The lowest BCUT2D eigenvalue weighted by Gasteiger charge is -2.50. The third-order valence-corrected chi connectivity index (χ3v) is 5.33. The molecule has 1 aliphatic heterocycles. The summed E-state index contributed by atoms with van der Waals surface area (Å²) < 4.78 is 6.33. The summed E-state index contributed by atoms with van der Waals surface area (Å²) >= 11 is 3.58. The van der Waals surface area contributed by atoms with Crippen molar-refractivity contribution in [2.45, 2.75) is 51.7 Å². The molecule has 1 atom stereocenters. The van der Waals surface area contributed by atoms with E-state index in [4.69, 9.17) is 4.74 Å². The van der Waals surface area contributed by atoms with Crippen LogP contribution in [0.2, 0.25) is 0 Å². The summed E-state index contributed by atoms with van der Waals surface area (Å²) in [6, 6.07) is 6.36. The summed E-state index contributed by atoms with van der Waals surface area (Å²) in [5.74, 6) is 0.886. The first-order chi connectivity index (χ1) is 9.79. The van der Waals surface area contributed by atoms with Crippen LogP contribution in [0.25, 0.3) is 0 Å². The minimum absolute atomic E-state index is 0.168. The summed E-state index contributed by atoms with van der Waals surface area (Å²) in [6.45, 7) is 12.3. The minimum Gasteiger partial charge on any atom is -0.496 e. The number of ether oxygens (including phenoxy) is 1. The Morgan fingerprint density at radius 3 is 2.62 bits per heavy atom. The average Bonchev–Trinajstić information content (AvgIpc) is 2.44. The highest BCUT2D eigenvalue weighted by atomic mass is 79.9. The molecule has 1 fully saturated rings. The number of hydrogen-bond acceptors (Lipinski definition) is 3. The van der Waals surface area contributed by atoms with Gasteiger partial charge in [-0.3, -0.25) is 4.90 Å². The summed E-state index contributed by atoms with van der Waals surface area (Å²) in [4.78, 5) is 2.58. The van der Waals surface area contributed by atoms with Crippen LogP contribution in [-0.4, -0.2) is 36.2 Å². The van der Waals surface area contributed by atoms with E-state index >= 15 is 0 Å². The zero-order valence-corrected chi connectivity index (χ0v) is 15.4. The fourth-order valence-electron chi connectivity index (χ4n) is 2.77. The van der Waals surface area contributed by atoms with E-state index in [1.54, 1.807) is 7.11 Å². The Kier molecular flexibility index (Phi) is 5.01. The molecule has 0 aromatic heterocycles. The molecular formula is C17H27BrN2O. The molecule has 1 heterocycles. The lowest BCUT2D eigenvalue weighted by molar-refractivity contribution is 0.0246. The standard InChI is InChI=1S/C17H27BrN2O/c1-6-17(4)12-20(16(2,3)11-19-17)10-13-7-8-15(21-5)14(18)9-13/h7-9,19H,6,10-12H2,1-5H3. The summed E-state index contributed by atoms with van der Waals surface area (Å²) in [6.07, 6.45) is 1.14. The Balaban J connectivity index is 2.17. The van der Waals surface area contributed by atoms with E-state index < -0.39 is 0 Å². The topological polar surface area (TPSA) is 24.5 Å². The van der Waals surface area contributed by atoms with Crippen LogP contribution >= 0.6 is 15.9 Å². The van der Waals surface area contributed by atoms with Gasteiger partial charge in [0.05, 0.1) is 11.6 Å². The van der Waals surface area contributed by atoms with E-state index in [1.165, 1.54) is 5.56 Å². The number of rotatable bonds is 4. The number of methoxy groups -OCH3 is 1. The van der Waals surface area contributed by atoms with Crippen LogP contribution in [0, 0.1) is 0 Å². The van der Waals surface area contributed by atoms with Crippen LogP contribution < -0.4 is 10.1 Å². The maximum atomic E-state index is 5.31. The van der Waals surface area contributed by atoms with Crippen molar-refractivity contribution in [3.8, 4) is 5.75 Å². The Bertz CT molecular complexity index is 504. The van der Waals surface area contributed by atoms with Crippen LogP contribution in [-0.2, 0) is 6.54 Å². The first-order valence-corrected chi connectivity index (χ1v) is 8.41. The Morgan fingerprint density at radius 2 is 2.05 bits per heavy atom. The highest BCUT2D eigenvalue weighted by Gasteiger charge is 2.38. The lowest BCUT2D eigenvalue weighted by Crippen LogP contribution is -2.66. The first kappa shape index (κ1) is 16.8. The number of halogens is 1. The SMILES string of the molecule is CCC1(C)CN(Cc2ccc(OC)c(Br)c2)C(C)(C)CN1. The Labute approximate surface area is 137 Å².